The third-order valence-corrected chi connectivity index (χ3v) is 4.87. The molecule has 0 aliphatic carbocycles. The van der Waals surface area contributed by atoms with Gasteiger partial charge in [-0.15, -0.1) is 0 Å². The third-order valence-electron chi connectivity index (χ3n) is 4.38. The van der Waals surface area contributed by atoms with Crippen molar-refractivity contribution >= 4 is 39.0 Å². The number of aromatic nitrogens is 2. The summed E-state index contributed by atoms with van der Waals surface area (Å²) in [4.78, 5) is 29.1. The fourth-order valence-corrected chi connectivity index (χ4v) is 3.32. The van der Waals surface area contributed by atoms with Crippen LogP contribution in [0.4, 0.5) is 0 Å². The average molecular weight is 487 g/mol. The van der Waals surface area contributed by atoms with E-state index in [0.29, 0.717) is 33.8 Å². The highest BCUT2D eigenvalue weighted by molar-refractivity contribution is 9.10. The molecule has 8 nitrogen and oxygen atoms in total. The van der Waals surface area contributed by atoms with Crippen LogP contribution in [0.25, 0.3) is 10.9 Å². The summed E-state index contributed by atoms with van der Waals surface area (Å²) in [5, 5.41) is 4.88. The van der Waals surface area contributed by atoms with Gasteiger partial charge in [0.2, 0.25) is 0 Å². The summed E-state index contributed by atoms with van der Waals surface area (Å²) in [6, 6.07) is 10.5. The number of amides is 1. The first-order valence-corrected chi connectivity index (χ1v) is 10.3. The molecule has 0 bridgehead atoms. The number of hydrogen-bond acceptors (Lipinski definition) is 6. The predicted octanol–water partition coefficient (Wildman–Crippen LogP) is 3.21. The molecule has 1 heterocycles. The van der Waals surface area contributed by atoms with Crippen molar-refractivity contribution in [1.82, 2.24) is 9.66 Å². The van der Waals surface area contributed by atoms with Gasteiger partial charge in [0.25, 0.3) is 11.5 Å². The molecular weight excluding hydrogens is 464 g/mol. The lowest BCUT2D eigenvalue weighted by atomic mass is 9.95. The van der Waals surface area contributed by atoms with E-state index in [0.717, 1.165) is 4.47 Å². The second-order valence-electron chi connectivity index (χ2n) is 7.84. The molecule has 1 amide bonds. The van der Waals surface area contributed by atoms with Crippen LogP contribution in [0.15, 0.2) is 50.8 Å². The van der Waals surface area contributed by atoms with Gasteiger partial charge in [0, 0.05) is 15.5 Å². The maximum atomic E-state index is 13.3. The first-order chi connectivity index (χ1) is 14.6. The number of hydrogen-bond donors (Lipinski definition) is 1. The molecule has 9 heteroatoms. The van der Waals surface area contributed by atoms with Gasteiger partial charge in [-0.1, -0.05) is 42.8 Å². The first-order valence-electron chi connectivity index (χ1n) is 9.47. The number of benzene rings is 2. The van der Waals surface area contributed by atoms with Gasteiger partial charge in [-0.2, -0.15) is 9.78 Å². The van der Waals surface area contributed by atoms with Crippen molar-refractivity contribution < 1.29 is 14.3 Å². The zero-order chi connectivity index (χ0) is 22.8. The minimum absolute atomic E-state index is 0.296. The third kappa shape index (κ3) is 4.93. The number of nitrogens with zero attached hydrogens (tertiary/aromatic N) is 3. The number of carbonyl (C=O) groups excluding carboxylic acids is 1. The Kier molecular flexibility index (Phi) is 6.45. The summed E-state index contributed by atoms with van der Waals surface area (Å²) in [7, 11) is 1.49. The van der Waals surface area contributed by atoms with E-state index in [1.165, 1.54) is 18.0 Å². The molecule has 0 aliphatic heterocycles. The molecule has 0 atom stereocenters. The fourth-order valence-electron chi connectivity index (χ4n) is 2.95. The molecule has 162 valence electrons. The van der Waals surface area contributed by atoms with E-state index in [-0.39, 0.29) is 12.2 Å². The molecule has 0 saturated heterocycles. The molecule has 0 saturated carbocycles. The second kappa shape index (κ2) is 8.89. The van der Waals surface area contributed by atoms with Crippen LogP contribution in [0.1, 0.15) is 32.2 Å². The van der Waals surface area contributed by atoms with Crippen LogP contribution in [0.5, 0.6) is 11.5 Å². The normalized spacial score (nSPS) is 11.8. The Morgan fingerprint density at radius 2 is 2.03 bits per heavy atom. The largest absolute Gasteiger partial charge is 0.493 e. The average Bonchev–Trinajstić information content (AvgIpc) is 2.71. The number of ether oxygens (including phenoxy) is 2. The number of methoxy groups -OCH3 is 1. The van der Waals surface area contributed by atoms with Crippen molar-refractivity contribution in [3.63, 3.8) is 0 Å². The number of fused-ring (bicyclic) bond motifs is 1. The molecule has 0 unspecified atom stereocenters. The smallest absolute Gasteiger partial charge is 0.282 e. The quantitative estimate of drug-likeness (QED) is 0.538. The standard InChI is InChI=1S/C22H23BrN4O4/c1-22(2,3)21-26-16-9-8-14(23)10-15(16)20(29)27(21)25-11-13-6-5-7-17(30-4)19(13)31-12-18(24)28/h5-11H,12H2,1-4H3,(H2,24,28). The van der Waals surface area contributed by atoms with Crippen LogP contribution in [-0.4, -0.2) is 35.5 Å². The Morgan fingerprint density at radius 3 is 2.68 bits per heavy atom. The van der Waals surface area contributed by atoms with E-state index in [1.807, 2.05) is 26.8 Å². The first kappa shape index (κ1) is 22.5. The summed E-state index contributed by atoms with van der Waals surface area (Å²) >= 11 is 3.40. The Labute approximate surface area is 187 Å². The highest BCUT2D eigenvalue weighted by Gasteiger charge is 2.23. The highest BCUT2D eigenvalue weighted by Crippen LogP contribution is 2.30. The topological polar surface area (TPSA) is 109 Å². The van der Waals surface area contributed by atoms with Gasteiger partial charge in [0.05, 0.1) is 24.2 Å². The maximum Gasteiger partial charge on any atom is 0.282 e. The second-order valence-corrected chi connectivity index (χ2v) is 8.76. The Morgan fingerprint density at radius 1 is 1.29 bits per heavy atom. The minimum atomic E-state index is -0.621. The van der Waals surface area contributed by atoms with Crippen LogP contribution >= 0.6 is 15.9 Å². The summed E-state index contributed by atoms with van der Waals surface area (Å²) in [5.41, 5.74) is 5.57. The Bertz CT molecular complexity index is 1230. The molecule has 0 radical (unpaired) electrons. The molecule has 0 fully saturated rings. The summed E-state index contributed by atoms with van der Waals surface area (Å²) in [6.07, 6.45) is 1.47. The van der Waals surface area contributed by atoms with E-state index >= 15 is 0 Å². The van der Waals surface area contributed by atoms with Gasteiger partial charge in [-0.3, -0.25) is 9.59 Å². The van der Waals surface area contributed by atoms with Gasteiger partial charge >= 0.3 is 0 Å². The number of nitrogens with two attached hydrogens (primary N) is 1. The lowest BCUT2D eigenvalue weighted by Gasteiger charge is -2.21. The molecule has 2 aromatic carbocycles. The number of halogens is 1. The van der Waals surface area contributed by atoms with Gasteiger partial charge < -0.3 is 15.2 Å². The van der Waals surface area contributed by atoms with Gasteiger partial charge in [0.15, 0.2) is 18.1 Å². The molecular formula is C22H23BrN4O4. The van der Waals surface area contributed by atoms with Crippen LogP contribution in [0.3, 0.4) is 0 Å². The van der Waals surface area contributed by atoms with E-state index in [2.05, 4.69) is 26.0 Å². The molecule has 1 aromatic heterocycles. The van der Waals surface area contributed by atoms with Crippen LogP contribution in [0, 0.1) is 0 Å². The lowest BCUT2D eigenvalue weighted by Crippen LogP contribution is -2.29. The summed E-state index contributed by atoms with van der Waals surface area (Å²) < 4.78 is 12.9. The van der Waals surface area contributed by atoms with E-state index in [1.54, 1.807) is 30.3 Å². The van der Waals surface area contributed by atoms with Crippen molar-refractivity contribution in [2.75, 3.05) is 13.7 Å². The molecule has 0 aliphatic rings. The van der Waals surface area contributed by atoms with E-state index in [9.17, 15) is 9.59 Å². The highest BCUT2D eigenvalue weighted by atomic mass is 79.9. The monoisotopic (exact) mass is 486 g/mol. The number of carbonyl (C=O) groups is 1. The van der Waals surface area contributed by atoms with Crippen molar-refractivity contribution in [2.45, 2.75) is 26.2 Å². The van der Waals surface area contributed by atoms with Crippen molar-refractivity contribution in [3.8, 4) is 11.5 Å². The summed E-state index contributed by atoms with van der Waals surface area (Å²) in [5.74, 6) is 0.596. The molecule has 0 spiro atoms. The number of para-hydroxylation sites is 1. The minimum Gasteiger partial charge on any atom is -0.493 e. The number of rotatable bonds is 6. The maximum absolute atomic E-state index is 13.3. The summed E-state index contributed by atoms with van der Waals surface area (Å²) in [6.45, 7) is 5.55. The van der Waals surface area contributed by atoms with Crippen molar-refractivity contribution in [2.24, 2.45) is 10.8 Å². The lowest BCUT2D eigenvalue weighted by molar-refractivity contribution is -0.119. The Hall–Kier alpha value is -3.20. The zero-order valence-corrected chi connectivity index (χ0v) is 19.3. The molecule has 3 rings (SSSR count). The van der Waals surface area contributed by atoms with Gasteiger partial charge in [-0.25, -0.2) is 4.98 Å². The zero-order valence-electron chi connectivity index (χ0n) is 17.7. The van der Waals surface area contributed by atoms with Gasteiger partial charge in [0.1, 0.15) is 5.82 Å². The Balaban J connectivity index is 2.18. The van der Waals surface area contributed by atoms with E-state index < -0.39 is 11.3 Å². The van der Waals surface area contributed by atoms with Crippen LogP contribution in [-0.2, 0) is 10.2 Å². The fraction of sp³-hybridized carbons (Fsp3) is 0.273. The van der Waals surface area contributed by atoms with Crippen LogP contribution < -0.4 is 20.8 Å². The van der Waals surface area contributed by atoms with Crippen molar-refractivity contribution in [1.29, 1.82) is 0 Å². The van der Waals surface area contributed by atoms with Gasteiger partial charge in [-0.05, 0) is 30.3 Å². The molecule has 31 heavy (non-hydrogen) atoms. The van der Waals surface area contributed by atoms with Crippen molar-refractivity contribution in [3.05, 3.63) is 62.6 Å². The SMILES string of the molecule is COc1cccc(C=Nn2c(C(C)(C)C)nc3ccc(Br)cc3c2=O)c1OCC(N)=O. The predicted molar refractivity (Wildman–Crippen MR) is 123 cm³/mol. The molecule has 3 aromatic rings. The van der Waals surface area contributed by atoms with E-state index in [4.69, 9.17) is 15.2 Å². The number of primary amides is 1. The molecule has 2 N–H and O–H groups in total. The van der Waals surface area contributed by atoms with Crippen LogP contribution in [0.2, 0.25) is 0 Å².